The Morgan fingerprint density at radius 3 is 2.33 bits per heavy atom. The Morgan fingerprint density at radius 1 is 0.857 bits per heavy atom. The molecule has 0 radical (unpaired) electrons. The molecule has 214 valence electrons. The Bertz CT molecular complexity index is 1930. The summed E-state index contributed by atoms with van der Waals surface area (Å²) in [6.45, 7) is 3.10. The second-order valence-corrected chi connectivity index (χ2v) is 9.16. The van der Waals surface area contributed by atoms with Gasteiger partial charge in [0, 0.05) is 47.0 Å². The molecule has 5 aromatic rings. The lowest BCUT2D eigenvalue weighted by atomic mass is 9.99. The number of halogens is 3. The minimum atomic E-state index is -1.13. The molecule has 2 N–H and O–H groups in total. The van der Waals surface area contributed by atoms with Gasteiger partial charge in [-0.3, -0.25) is 14.6 Å². The van der Waals surface area contributed by atoms with Crippen LogP contribution < -0.4 is 25.0 Å². The van der Waals surface area contributed by atoms with E-state index in [1.165, 1.54) is 51.6 Å². The average molecular weight is 577 g/mol. The fourth-order valence-corrected chi connectivity index (χ4v) is 4.50. The number of nitrogens with zero attached hydrogens (tertiary/aromatic N) is 2. The molecule has 3 heterocycles. The summed E-state index contributed by atoms with van der Waals surface area (Å²) in [7, 11) is 2.89. The van der Waals surface area contributed by atoms with E-state index in [1.54, 1.807) is 13.0 Å². The van der Waals surface area contributed by atoms with Gasteiger partial charge in [-0.1, -0.05) is 6.07 Å². The number of anilines is 1. The maximum absolute atomic E-state index is 15.1. The molecule has 0 fully saturated rings. The van der Waals surface area contributed by atoms with E-state index >= 15 is 4.39 Å². The van der Waals surface area contributed by atoms with Crippen LogP contribution in [0.5, 0.6) is 23.1 Å². The first-order valence-electron chi connectivity index (χ1n) is 12.5. The number of H-pyrrole nitrogens is 1. The molecule has 0 atom stereocenters. The minimum absolute atomic E-state index is 0.00650. The molecule has 3 aromatic heterocycles. The molecular weight excluding hydrogens is 553 g/mol. The molecule has 5 rings (SSSR count). The van der Waals surface area contributed by atoms with Gasteiger partial charge in [0.1, 0.15) is 11.1 Å². The van der Waals surface area contributed by atoms with Crippen LogP contribution in [-0.2, 0) is 0 Å². The van der Waals surface area contributed by atoms with Gasteiger partial charge in [-0.2, -0.15) is 0 Å². The Balaban J connectivity index is 1.43. The summed E-state index contributed by atoms with van der Waals surface area (Å²) in [6.07, 6.45) is 1.47. The number of hydrogen-bond acceptors (Lipinski definition) is 7. The third kappa shape index (κ3) is 5.21. The number of rotatable bonds is 7. The maximum atomic E-state index is 15.1. The Labute approximate surface area is 236 Å². The Hall–Kier alpha value is -5.39. The normalized spacial score (nSPS) is 10.9. The first kappa shape index (κ1) is 28.1. The number of ether oxygens (including phenoxy) is 3. The van der Waals surface area contributed by atoms with Gasteiger partial charge in [-0.25, -0.2) is 18.2 Å². The molecule has 0 spiro atoms. The highest BCUT2D eigenvalue weighted by Gasteiger charge is 2.22. The van der Waals surface area contributed by atoms with E-state index in [-0.39, 0.29) is 45.5 Å². The van der Waals surface area contributed by atoms with Gasteiger partial charge >= 0.3 is 0 Å². The van der Waals surface area contributed by atoms with E-state index in [9.17, 15) is 18.4 Å². The summed E-state index contributed by atoms with van der Waals surface area (Å²) in [5.74, 6) is -3.25. The van der Waals surface area contributed by atoms with Gasteiger partial charge in [-0.15, -0.1) is 0 Å². The first-order chi connectivity index (χ1) is 20.1. The van der Waals surface area contributed by atoms with E-state index in [2.05, 4.69) is 20.3 Å². The van der Waals surface area contributed by atoms with E-state index in [0.717, 1.165) is 18.2 Å². The van der Waals surface area contributed by atoms with Gasteiger partial charge in [0.25, 0.3) is 11.8 Å². The number of aryl methyl sites for hydroxylation is 2. The second-order valence-electron chi connectivity index (χ2n) is 9.16. The molecule has 0 saturated carbocycles. The highest BCUT2D eigenvalue weighted by Crippen LogP contribution is 2.35. The van der Waals surface area contributed by atoms with Crippen molar-refractivity contribution in [1.29, 1.82) is 0 Å². The summed E-state index contributed by atoms with van der Waals surface area (Å²) >= 11 is 0. The predicted octanol–water partition coefficient (Wildman–Crippen LogP) is 6.08. The molecule has 0 aliphatic rings. The molecule has 0 aliphatic heterocycles. The Kier molecular flexibility index (Phi) is 7.53. The number of nitrogens with one attached hydrogen (secondary N) is 2. The SMILES string of the molecule is COc1cc2nccc(Oc3ccc(NC(=O)c4c(C)[nH]c(C)c(-c5ccc(F)c(F)c5)c4=O)cc3F)c2nc1OC. The molecular formula is C30H23F3N4O5. The van der Waals surface area contributed by atoms with E-state index < -0.39 is 28.8 Å². The molecule has 0 saturated heterocycles. The monoisotopic (exact) mass is 576 g/mol. The van der Waals surface area contributed by atoms with Crippen molar-refractivity contribution in [3.05, 3.63) is 99.4 Å². The maximum Gasteiger partial charge on any atom is 0.261 e. The van der Waals surface area contributed by atoms with Crippen molar-refractivity contribution in [2.45, 2.75) is 13.8 Å². The highest BCUT2D eigenvalue weighted by molar-refractivity contribution is 6.05. The number of amides is 1. The number of hydrogen-bond donors (Lipinski definition) is 2. The topological polar surface area (TPSA) is 115 Å². The Morgan fingerprint density at radius 2 is 1.64 bits per heavy atom. The standard InChI is InChI=1S/C30H23F3N4O5/c1-14-25(16-5-7-18(31)19(32)11-16)28(38)26(15(2)35-14)29(39)36-17-6-8-22(20(33)12-17)42-23-9-10-34-21-13-24(40-3)30(41-4)37-27(21)23/h5-13H,1-4H3,(H,35,38)(H,36,39). The zero-order valence-corrected chi connectivity index (χ0v) is 22.8. The number of pyridine rings is 3. The van der Waals surface area contributed by atoms with Gasteiger partial charge in [0.05, 0.1) is 19.7 Å². The quantitative estimate of drug-likeness (QED) is 0.241. The third-order valence-corrected chi connectivity index (χ3v) is 6.44. The minimum Gasteiger partial charge on any atom is -0.491 e. The number of aromatic amines is 1. The van der Waals surface area contributed by atoms with Crippen LogP contribution >= 0.6 is 0 Å². The predicted molar refractivity (Wildman–Crippen MR) is 149 cm³/mol. The van der Waals surface area contributed by atoms with Gasteiger partial charge in [0.2, 0.25) is 5.43 Å². The molecule has 12 heteroatoms. The van der Waals surface area contributed by atoms with Crippen LogP contribution in [0.4, 0.5) is 18.9 Å². The molecule has 0 aliphatic carbocycles. The van der Waals surface area contributed by atoms with E-state index in [1.807, 2.05) is 0 Å². The van der Waals surface area contributed by atoms with Crippen molar-refractivity contribution < 1.29 is 32.2 Å². The lowest BCUT2D eigenvalue weighted by Crippen LogP contribution is -2.26. The molecule has 42 heavy (non-hydrogen) atoms. The zero-order chi connectivity index (χ0) is 30.1. The van der Waals surface area contributed by atoms with Crippen LogP contribution in [0.2, 0.25) is 0 Å². The lowest BCUT2D eigenvalue weighted by molar-refractivity contribution is 0.102. The van der Waals surface area contributed by atoms with Crippen LogP contribution in [0.1, 0.15) is 21.7 Å². The second kappa shape index (κ2) is 11.2. The van der Waals surface area contributed by atoms with Crippen LogP contribution in [0, 0.1) is 31.3 Å². The third-order valence-electron chi connectivity index (χ3n) is 6.44. The van der Waals surface area contributed by atoms with Crippen LogP contribution in [0.15, 0.2) is 59.5 Å². The van der Waals surface area contributed by atoms with Crippen molar-refractivity contribution in [1.82, 2.24) is 15.0 Å². The van der Waals surface area contributed by atoms with Crippen LogP contribution in [-0.4, -0.2) is 35.1 Å². The van der Waals surface area contributed by atoms with Crippen molar-refractivity contribution in [2.24, 2.45) is 0 Å². The lowest BCUT2D eigenvalue weighted by Gasteiger charge is -2.14. The molecule has 1 amide bonds. The summed E-state index contributed by atoms with van der Waals surface area (Å²) in [4.78, 5) is 38.0. The molecule has 2 aromatic carbocycles. The number of methoxy groups -OCH3 is 2. The number of aromatic nitrogens is 3. The largest absolute Gasteiger partial charge is 0.491 e. The van der Waals surface area contributed by atoms with Gasteiger partial charge < -0.3 is 24.5 Å². The van der Waals surface area contributed by atoms with Crippen molar-refractivity contribution in [3.63, 3.8) is 0 Å². The van der Waals surface area contributed by atoms with Crippen molar-refractivity contribution in [3.8, 4) is 34.3 Å². The fraction of sp³-hybridized carbons (Fsp3) is 0.133. The fourth-order valence-electron chi connectivity index (χ4n) is 4.50. The summed E-state index contributed by atoms with van der Waals surface area (Å²) in [6, 6.07) is 9.86. The summed E-state index contributed by atoms with van der Waals surface area (Å²) in [5.41, 5.74) is 0.524. The first-order valence-corrected chi connectivity index (χ1v) is 12.5. The van der Waals surface area contributed by atoms with Gasteiger partial charge in [0.15, 0.2) is 34.7 Å². The average Bonchev–Trinajstić information content (AvgIpc) is 2.95. The molecule has 9 nitrogen and oxygen atoms in total. The highest BCUT2D eigenvalue weighted by atomic mass is 19.2. The molecule has 0 unspecified atom stereocenters. The smallest absolute Gasteiger partial charge is 0.261 e. The zero-order valence-electron chi connectivity index (χ0n) is 22.8. The summed E-state index contributed by atoms with van der Waals surface area (Å²) in [5, 5.41) is 2.51. The number of fused-ring (bicyclic) bond motifs is 1. The van der Waals surface area contributed by atoms with Crippen LogP contribution in [0.3, 0.4) is 0 Å². The summed E-state index contributed by atoms with van der Waals surface area (Å²) < 4.78 is 58.7. The number of carbonyl (C=O) groups excluding carboxylic acids is 1. The van der Waals surface area contributed by atoms with Crippen molar-refractivity contribution in [2.75, 3.05) is 19.5 Å². The van der Waals surface area contributed by atoms with Crippen LogP contribution in [0.25, 0.3) is 22.2 Å². The van der Waals surface area contributed by atoms with E-state index in [4.69, 9.17) is 14.2 Å². The number of carbonyl (C=O) groups is 1. The van der Waals surface area contributed by atoms with Gasteiger partial charge in [-0.05, 0) is 43.7 Å². The number of benzene rings is 2. The van der Waals surface area contributed by atoms with E-state index in [0.29, 0.717) is 22.5 Å². The molecule has 0 bridgehead atoms. The van der Waals surface area contributed by atoms with Crippen molar-refractivity contribution >= 4 is 22.6 Å².